The van der Waals surface area contributed by atoms with Crippen LogP contribution in [0.1, 0.15) is 40.5 Å². The number of amides is 2. The molecule has 2 N–H and O–H groups in total. The SMILES string of the molecule is CCCN1C[C@@H](NC(=O)c2cccc(-c3ccccc3C(=O)O)c2)CC1=O. The molecule has 0 aromatic heterocycles. The second kappa shape index (κ2) is 8.03. The number of carbonyl (C=O) groups is 3. The molecule has 2 aromatic rings. The van der Waals surface area contributed by atoms with Gasteiger partial charge in [-0.2, -0.15) is 0 Å². The maximum atomic E-state index is 12.6. The van der Waals surface area contributed by atoms with Gasteiger partial charge < -0.3 is 15.3 Å². The molecule has 1 fully saturated rings. The van der Waals surface area contributed by atoms with Crippen LogP contribution in [-0.4, -0.2) is 46.9 Å². The Morgan fingerprint density at radius 2 is 1.96 bits per heavy atom. The molecule has 0 spiro atoms. The number of aromatic carboxylic acids is 1. The maximum absolute atomic E-state index is 12.6. The van der Waals surface area contributed by atoms with E-state index in [1.165, 1.54) is 6.07 Å². The van der Waals surface area contributed by atoms with Gasteiger partial charge in [0.05, 0.1) is 11.6 Å². The average molecular weight is 366 g/mol. The fraction of sp³-hybridized carbons (Fsp3) is 0.286. The number of carboxylic acid groups (broad SMARTS) is 1. The molecule has 6 heteroatoms. The van der Waals surface area contributed by atoms with E-state index in [1.807, 2.05) is 6.92 Å². The Kier molecular flexibility index (Phi) is 5.54. The molecule has 1 heterocycles. The molecule has 3 rings (SSSR count). The number of nitrogens with zero attached hydrogens (tertiary/aromatic N) is 1. The second-order valence-corrected chi connectivity index (χ2v) is 6.65. The molecule has 27 heavy (non-hydrogen) atoms. The van der Waals surface area contributed by atoms with Crippen LogP contribution >= 0.6 is 0 Å². The van der Waals surface area contributed by atoms with Crippen LogP contribution in [0.3, 0.4) is 0 Å². The molecule has 2 aromatic carbocycles. The molecule has 1 saturated heterocycles. The molecule has 2 amide bonds. The van der Waals surface area contributed by atoms with E-state index in [-0.39, 0.29) is 23.4 Å². The minimum Gasteiger partial charge on any atom is -0.478 e. The fourth-order valence-corrected chi connectivity index (χ4v) is 3.37. The number of benzene rings is 2. The van der Waals surface area contributed by atoms with Crippen LogP contribution in [0.2, 0.25) is 0 Å². The van der Waals surface area contributed by atoms with Gasteiger partial charge in [0.25, 0.3) is 5.91 Å². The zero-order valence-electron chi connectivity index (χ0n) is 15.1. The van der Waals surface area contributed by atoms with Crippen LogP contribution in [0.5, 0.6) is 0 Å². The number of hydrogen-bond acceptors (Lipinski definition) is 3. The number of carboxylic acids is 1. The first-order valence-electron chi connectivity index (χ1n) is 9.01. The highest BCUT2D eigenvalue weighted by Crippen LogP contribution is 2.25. The summed E-state index contributed by atoms with van der Waals surface area (Å²) in [5.74, 6) is -1.21. The molecular formula is C21H22N2O4. The van der Waals surface area contributed by atoms with Gasteiger partial charge in [-0.3, -0.25) is 9.59 Å². The summed E-state index contributed by atoms with van der Waals surface area (Å²) in [6, 6.07) is 13.4. The van der Waals surface area contributed by atoms with Crippen molar-refractivity contribution < 1.29 is 19.5 Å². The average Bonchev–Trinajstić information content (AvgIpc) is 3.01. The van der Waals surface area contributed by atoms with Crippen molar-refractivity contribution >= 4 is 17.8 Å². The summed E-state index contributed by atoms with van der Waals surface area (Å²) < 4.78 is 0. The molecule has 6 nitrogen and oxygen atoms in total. The summed E-state index contributed by atoms with van der Waals surface area (Å²) in [5.41, 5.74) is 1.85. The van der Waals surface area contributed by atoms with Gasteiger partial charge in [-0.15, -0.1) is 0 Å². The lowest BCUT2D eigenvalue weighted by atomic mass is 9.98. The van der Waals surface area contributed by atoms with Crippen molar-refractivity contribution in [3.05, 3.63) is 59.7 Å². The number of likely N-dealkylation sites (tertiary alicyclic amines) is 1. The van der Waals surface area contributed by atoms with E-state index in [0.717, 1.165) is 6.42 Å². The van der Waals surface area contributed by atoms with Gasteiger partial charge in [0, 0.05) is 25.1 Å². The van der Waals surface area contributed by atoms with Crippen molar-refractivity contribution in [2.45, 2.75) is 25.8 Å². The van der Waals surface area contributed by atoms with E-state index >= 15 is 0 Å². The molecule has 0 aliphatic carbocycles. The Labute approximate surface area is 157 Å². The first kappa shape index (κ1) is 18.6. The van der Waals surface area contributed by atoms with Gasteiger partial charge in [0.15, 0.2) is 0 Å². The molecule has 0 unspecified atom stereocenters. The predicted octanol–water partition coefficient (Wildman–Crippen LogP) is 2.79. The topological polar surface area (TPSA) is 86.7 Å². The Balaban J connectivity index is 1.77. The van der Waals surface area contributed by atoms with Gasteiger partial charge in [0.2, 0.25) is 5.91 Å². The van der Waals surface area contributed by atoms with E-state index < -0.39 is 5.97 Å². The quantitative estimate of drug-likeness (QED) is 0.823. The Morgan fingerprint density at radius 1 is 1.19 bits per heavy atom. The molecular weight excluding hydrogens is 344 g/mol. The lowest BCUT2D eigenvalue weighted by Crippen LogP contribution is -2.37. The van der Waals surface area contributed by atoms with Crippen molar-refractivity contribution in [3.63, 3.8) is 0 Å². The highest BCUT2D eigenvalue weighted by atomic mass is 16.4. The van der Waals surface area contributed by atoms with E-state index in [9.17, 15) is 19.5 Å². The van der Waals surface area contributed by atoms with Gasteiger partial charge >= 0.3 is 5.97 Å². The van der Waals surface area contributed by atoms with Crippen LogP contribution in [0.25, 0.3) is 11.1 Å². The minimum atomic E-state index is -1.01. The van der Waals surface area contributed by atoms with E-state index in [0.29, 0.717) is 36.2 Å². The molecule has 1 atom stereocenters. The normalized spacial score (nSPS) is 16.4. The standard InChI is InChI=1S/C21H22N2O4/c1-2-10-23-13-16(12-19(23)24)22-20(25)15-7-5-6-14(11-15)17-8-3-4-9-18(17)21(26)27/h3-9,11,16H,2,10,12-13H2,1H3,(H,22,25)(H,26,27)/t16-/m0/s1. The van der Waals surface area contributed by atoms with Crippen molar-refractivity contribution in [1.82, 2.24) is 10.2 Å². The molecule has 1 aliphatic rings. The maximum Gasteiger partial charge on any atom is 0.336 e. The molecule has 1 aliphatic heterocycles. The Hall–Kier alpha value is -3.15. The van der Waals surface area contributed by atoms with Crippen LogP contribution in [0.4, 0.5) is 0 Å². The van der Waals surface area contributed by atoms with Crippen LogP contribution < -0.4 is 5.32 Å². The first-order valence-corrected chi connectivity index (χ1v) is 9.01. The highest BCUT2D eigenvalue weighted by molar-refractivity contribution is 5.99. The molecule has 0 radical (unpaired) electrons. The number of rotatable bonds is 6. The van der Waals surface area contributed by atoms with Gasteiger partial charge in [-0.05, 0) is 35.7 Å². The van der Waals surface area contributed by atoms with Crippen molar-refractivity contribution in [2.24, 2.45) is 0 Å². The monoisotopic (exact) mass is 366 g/mol. The number of nitrogens with one attached hydrogen (secondary N) is 1. The predicted molar refractivity (Wildman–Crippen MR) is 102 cm³/mol. The van der Waals surface area contributed by atoms with Gasteiger partial charge in [0.1, 0.15) is 0 Å². The third-order valence-electron chi connectivity index (χ3n) is 4.64. The van der Waals surface area contributed by atoms with E-state index in [1.54, 1.807) is 47.4 Å². The third-order valence-corrected chi connectivity index (χ3v) is 4.64. The van der Waals surface area contributed by atoms with E-state index in [4.69, 9.17) is 0 Å². The third kappa shape index (κ3) is 4.16. The minimum absolute atomic E-state index is 0.0614. The molecule has 140 valence electrons. The lowest BCUT2D eigenvalue weighted by Gasteiger charge is -2.16. The molecule has 0 bridgehead atoms. The van der Waals surface area contributed by atoms with Gasteiger partial charge in [-0.1, -0.05) is 37.3 Å². The lowest BCUT2D eigenvalue weighted by molar-refractivity contribution is -0.127. The number of hydrogen-bond donors (Lipinski definition) is 2. The summed E-state index contributed by atoms with van der Waals surface area (Å²) in [5, 5.41) is 12.3. The zero-order chi connectivity index (χ0) is 19.4. The summed E-state index contributed by atoms with van der Waals surface area (Å²) in [6.07, 6.45) is 1.20. The summed E-state index contributed by atoms with van der Waals surface area (Å²) in [6.45, 7) is 3.24. The first-order chi connectivity index (χ1) is 13.0. The summed E-state index contributed by atoms with van der Waals surface area (Å²) in [7, 11) is 0. The number of carbonyl (C=O) groups excluding carboxylic acids is 2. The van der Waals surface area contributed by atoms with Crippen molar-refractivity contribution in [1.29, 1.82) is 0 Å². The second-order valence-electron chi connectivity index (χ2n) is 6.65. The van der Waals surface area contributed by atoms with Crippen LogP contribution in [0, 0.1) is 0 Å². The Bertz CT molecular complexity index is 878. The zero-order valence-corrected chi connectivity index (χ0v) is 15.1. The highest BCUT2D eigenvalue weighted by Gasteiger charge is 2.30. The van der Waals surface area contributed by atoms with Gasteiger partial charge in [-0.25, -0.2) is 4.79 Å². The smallest absolute Gasteiger partial charge is 0.336 e. The van der Waals surface area contributed by atoms with E-state index in [2.05, 4.69) is 5.32 Å². The van der Waals surface area contributed by atoms with Crippen LogP contribution in [0.15, 0.2) is 48.5 Å². The summed E-state index contributed by atoms with van der Waals surface area (Å²) >= 11 is 0. The largest absolute Gasteiger partial charge is 0.478 e. The fourth-order valence-electron chi connectivity index (χ4n) is 3.37. The van der Waals surface area contributed by atoms with Crippen molar-refractivity contribution in [3.8, 4) is 11.1 Å². The van der Waals surface area contributed by atoms with Crippen LogP contribution in [-0.2, 0) is 4.79 Å². The Morgan fingerprint density at radius 3 is 2.70 bits per heavy atom. The summed E-state index contributed by atoms with van der Waals surface area (Å²) in [4.78, 5) is 37.8. The van der Waals surface area contributed by atoms with Crippen molar-refractivity contribution in [2.75, 3.05) is 13.1 Å². The molecule has 0 saturated carbocycles.